The Morgan fingerprint density at radius 3 is 2.32 bits per heavy atom. The SMILES string of the molecule is CCCCCCc1ccc(S(=O)(=O)O)cc1Oc1ccc([O-])cc1.[Na+]. The first-order chi connectivity index (χ1) is 11.4. The first-order valence-corrected chi connectivity index (χ1v) is 9.39. The van der Waals surface area contributed by atoms with Crippen LogP contribution in [0.15, 0.2) is 47.4 Å². The Balaban J connectivity index is 0.00000312. The van der Waals surface area contributed by atoms with Gasteiger partial charge in [-0.05, 0) is 36.6 Å². The molecule has 0 amide bonds. The Hall–Kier alpha value is -1.05. The fourth-order valence-corrected chi connectivity index (χ4v) is 2.87. The van der Waals surface area contributed by atoms with Crippen LogP contribution in [0.2, 0.25) is 0 Å². The van der Waals surface area contributed by atoms with Crippen molar-refractivity contribution in [2.75, 3.05) is 0 Å². The van der Waals surface area contributed by atoms with Gasteiger partial charge in [-0.25, -0.2) is 0 Å². The van der Waals surface area contributed by atoms with Crippen LogP contribution in [0.5, 0.6) is 17.2 Å². The van der Waals surface area contributed by atoms with Gasteiger partial charge in [0.15, 0.2) is 0 Å². The van der Waals surface area contributed by atoms with Crippen molar-refractivity contribution in [2.45, 2.75) is 43.9 Å². The second kappa shape index (κ2) is 10.2. The summed E-state index contributed by atoms with van der Waals surface area (Å²) in [6.45, 7) is 2.13. The van der Waals surface area contributed by atoms with Crippen molar-refractivity contribution in [2.24, 2.45) is 0 Å². The van der Waals surface area contributed by atoms with E-state index in [1.165, 1.54) is 36.4 Å². The number of ether oxygens (including phenoxy) is 1. The van der Waals surface area contributed by atoms with Crippen LogP contribution in [-0.4, -0.2) is 13.0 Å². The number of unbranched alkanes of at least 4 members (excludes halogenated alkanes) is 3. The molecule has 130 valence electrons. The Morgan fingerprint density at radius 2 is 1.72 bits per heavy atom. The van der Waals surface area contributed by atoms with Crippen LogP contribution in [0, 0.1) is 0 Å². The van der Waals surface area contributed by atoms with Gasteiger partial charge in [-0.1, -0.05) is 44.4 Å². The zero-order valence-corrected chi connectivity index (χ0v) is 17.4. The van der Waals surface area contributed by atoms with Gasteiger partial charge in [0.2, 0.25) is 0 Å². The van der Waals surface area contributed by atoms with Crippen LogP contribution in [0.25, 0.3) is 0 Å². The molecule has 0 saturated carbocycles. The summed E-state index contributed by atoms with van der Waals surface area (Å²) in [6.07, 6.45) is 5.08. The van der Waals surface area contributed by atoms with E-state index in [1.54, 1.807) is 6.07 Å². The third-order valence-corrected chi connectivity index (χ3v) is 4.54. The molecule has 0 unspecified atom stereocenters. The van der Waals surface area contributed by atoms with Crippen molar-refractivity contribution in [1.29, 1.82) is 0 Å². The van der Waals surface area contributed by atoms with Crippen LogP contribution in [0.1, 0.15) is 38.2 Å². The Morgan fingerprint density at radius 1 is 1.04 bits per heavy atom. The number of benzene rings is 2. The van der Waals surface area contributed by atoms with Gasteiger partial charge in [-0.3, -0.25) is 4.55 Å². The van der Waals surface area contributed by atoms with E-state index in [4.69, 9.17) is 4.74 Å². The van der Waals surface area contributed by atoms with E-state index in [2.05, 4.69) is 6.92 Å². The summed E-state index contributed by atoms with van der Waals surface area (Å²) in [7, 11) is -4.30. The standard InChI is InChI=1S/C18H22O5S.Na/c1-2-3-4-5-6-14-7-12-17(24(20,21)22)13-18(14)23-16-10-8-15(19)9-11-16;/h7-13,19H,2-6H2,1H3,(H,20,21,22);/q;+1/p-1. The fraction of sp³-hybridized carbons (Fsp3) is 0.333. The van der Waals surface area contributed by atoms with Gasteiger partial charge < -0.3 is 9.84 Å². The summed E-state index contributed by atoms with van der Waals surface area (Å²) < 4.78 is 37.7. The van der Waals surface area contributed by atoms with Crippen molar-refractivity contribution in [3.8, 4) is 17.2 Å². The maximum absolute atomic E-state index is 11.4. The fourth-order valence-electron chi connectivity index (χ4n) is 2.37. The summed E-state index contributed by atoms with van der Waals surface area (Å²) in [5.41, 5.74) is 0.865. The Kier molecular flexibility index (Phi) is 8.96. The first-order valence-electron chi connectivity index (χ1n) is 7.95. The van der Waals surface area contributed by atoms with Crippen LogP contribution in [-0.2, 0) is 16.5 Å². The topological polar surface area (TPSA) is 86.7 Å². The average molecular weight is 372 g/mol. The second-order valence-corrected chi connectivity index (χ2v) is 7.05. The molecule has 0 aliphatic carbocycles. The summed E-state index contributed by atoms with van der Waals surface area (Å²) in [4.78, 5) is -0.213. The van der Waals surface area contributed by atoms with E-state index < -0.39 is 10.1 Å². The van der Waals surface area contributed by atoms with E-state index in [0.717, 1.165) is 37.7 Å². The van der Waals surface area contributed by atoms with E-state index in [0.29, 0.717) is 11.5 Å². The van der Waals surface area contributed by atoms with Gasteiger partial charge in [-0.15, -0.1) is 5.75 Å². The summed E-state index contributed by atoms with van der Waals surface area (Å²) >= 11 is 0. The number of hydrogen-bond acceptors (Lipinski definition) is 4. The molecule has 2 aromatic rings. The van der Waals surface area contributed by atoms with Crippen LogP contribution >= 0.6 is 0 Å². The molecular weight excluding hydrogens is 351 g/mol. The van der Waals surface area contributed by atoms with Gasteiger partial charge in [0.25, 0.3) is 10.1 Å². The van der Waals surface area contributed by atoms with Crippen molar-refractivity contribution < 1.29 is 52.4 Å². The Bertz CT molecular complexity index is 773. The molecule has 0 aliphatic heterocycles. The Labute approximate surface area is 171 Å². The zero-order chi connectivity index (χ0) is 17.6. The van der Waals surface area contributed by atoms with Gasteiger partial charge >= 0.3 is 29.6 Å². The first kappa shape index (κ1) is 22.0. The zero-order valence-electron chi connectivity index (χ0n) is 14.6. The largest absolute Gasteiger partial charge is 1.00 e. The average Bonchev–Trinajstić information content (AvgIpc) is 2.54. The third kappa shape index (κ3) is 6.99. The number of hydrogen-bond donors (Lipinski definition) is 1. The number of aryl methyl sites for hydroxylation is 1. The van der Waals surface area contributed by atoms with Crippen molar-refractivity contribution in [3.05, 3.63) is 48.0 Å². The van der Waals surface area contributed by atoms with Crippen molar-refractivity contribution in [3.63, 3.8) is 0 Å². The minimum atomic E-state index is -4.30. The molecule has 0 aromatic heterocycles. The molecular formula is C18H21NaO5S. The molecule has 0 atom stereocenters. The summed E-state index contributed by atoms with van der Waals surface area (Å²) in [5.74, 6) is 0.686. The molecule has 7 heteroatoms. The molecule has 2 rings (SSSR count). The predicted octanol–water partition coefficient (Wildman–Crippen LogP) is 0.926. The maximum atomic E-state index is 11.4. The molecule has 0 spiro atoms. The van der Waals surface area contributed by atoms with E-state index in [-0.39, 0.29) is 40.2 Å². The normalized spacial score (nSPS) is 11.0. The van der Waals surface area contributed by atoms with Gasteiger partial charge in [-0.2, -0.15) is 8.42 Å². The molecule has 5 nitrogen and oxygen atoms in total. The van der Waals surface area contributed by atoms with E-state index in [9.17, 15) is 18.1 Å². The monoisotopic (exact) mass is 372 g/mol. The molecule has 0 saturated heterocycles. The molecule has 0 aliphatic rings. The molecule has 25 heavy (non-hydrogen) atoms. The summed E-state index contributed by atoms with van der Waals surface area (Å²) in [5, 5.41) is 11.2. The van der Waals surface area contributed by atoms with Gasteiger partial charge in [0, 0.05) is 6.07 Å². The van der Waals surface area contributed by atoms with Crippen molar-refractivity contribution in [1.82, 2.24) is 0 Å². The minimum absolute atomic E-state index is 0. The minimum Gasteiger partial charge on any atom is -0.872 e. The van der Waals surface area contributed by atoms with Crippen LogP contribution in [0.4, 0.5) is 0 Å². The number of rotatable bonds is 8. The van der Waals surface area contributed by atoms with Gasteiger partial charge in [0.05, 0.1) is 4.90 Å². The molecule has 1 N–H and O–H groups in total. The maximum Gasteiger partial charge on any atom is 1.00 e. The second-order valence-electron chi connectivity index (χ2n) is 5.63. The molecule has 0 radical (unpaired) electrons. The molecule has 2 aromatic carbocycles. The van der Waals surface area contributed by atoms with Crippen LogP contribution < -0.4 is 39.4 Å². The molecule has 0 heterocycles. The van der Waals surface area contributed by atoms with E-state index >= 15 is 0 Å². The third-order valence-electron chi connectivity index (χ3n) is 3.69. The smallest absolute Gasteiger partial charge is 0.872 e. The molecule has 0 fully saturated rings. The quantitative estimate of drug-likeness (QED) is 0.423. The predicted molar refractivity (Wildman–Crippen MR) is 90.1 cm³/mol. The van der Waals surface area contributed by atoms with E-state index in [1.807, 2.05) is 0 Å². The van der Waals surface area contributed by atoms with Crippen LogP contribution in [0.3, 0.4) is 0 Å². The molecule has 0 bridgehead atoms. The van der Waals surface area contributed by atoms with Crippen molar-refractivity contribution >= 4 is 10.1 Å². The van der Waals surface area contributed by atoms with Gasteiger partial charge in [0.1, 0.15) is 11.5 Å². The summed E-state index contributed by atoms with van der Waals surface area (Å²) in [6, 6.07) is 10.2.